The molecule has 0 bridgehead atoms. The first-order valence-electron chi connectivity index (χ1n) is 2.93. The number of carboxylic acid groups (broad SMARTS) is 1. The Bertz CT molecular complexity index is 235. The molecule has 0 aromatic heterocycles. The molecule has 0 radical (unpaired) electrons. The van der Waals surface area contributed by atoms with Crippen molar-refractivity contribution in [3.05, 3.63) is 0 Å². The van der Waals surface area contributed by atoms with E-state index >= 15 is 0 Å². The number of carbonyl (C=O) groups is 2. The minimum Gasteiger partial charge on any atom is -0.480 e. The summed E-state index contributed by atoms with van der Waals surface area (Å²) in [6.45, 7) is -0.451. The lowest BCUT2D eigenvalue weighted by atomic mass is 10.5. The first kappa shape index (κ1) is 7.52. The van der Waals surface area contributed by atoms with Crippen molar-refractivity contribution in [3.63, 3.8) is 0 Å². The summed E-state index contributed by atoms with van der Waals surface area (Å²) in [5.41, 5.74) is 5.21. The van der Waals surface area contributed by atoms with Gasteiger partial charge in [0.05, 0.1) is 0 Å². The number of amides is 1. The van der Waals surface area contributed by atoms with E-state index in [1.807, 2.05) is 0 Å². The van der Waals surface area contributed by atoms with Gasteiger partial charge in [0.2, 0.25) is 0 Å². The summed E-state index contributed by atoms with van der Waals surface area (Å²) < 4.78 is 0. The highest BCUT2D eigenvalue weighted by Gasteiger charge is 2.24. The summed E-state index contributed by atoms with van der Waals surface area (Å²) >= 11 is 0. The van der Waals surface area contributed by atoms with Crippen LogP contribution in [-0.2, 0) is 9.59 Å². The van der Waals surface area contributed by atoms with Gasteiger partial charge in [-0.1, -0.05) is 0 Å². The van der Waals surface area contributed by atoms with Gasteiger partial charge in [-0.15, -0.1) is 0 Å². The summed E-state index contributed by atoms with van der Waals surface area (Å²) in [6.07, 6.45) is 0. The monoisotopic (exact) mass is 157 g/mol. The van der Waals surface area contributed by atoms with Crippen LogP contribution < -0.4 is 5.73 Å². The van der Waals surface area contributed by atoms with Gasteiger partial charge >= 0.3 is 5.97 Å². The lowest BCUT2D eigenvalue weighted by Crippen LogP contribution is -2.40. The number of aliphatic imine (C=N–C) groups is 1. The van der Waals surface area contributed by atoms with Crippen LogP contribution in [0.3, 0.4) is 0 Å². The lowest BCUT2D eigenvalue weighted by Gasteiger charge is -2.11. The molecule has 3 N–H and O–H groups in total. The highest BCUT2D eigenvalue weighted by molar-refractivity contribution is 6.04. The van der Waals surface area contributed by atoms with Crippen LogP contribution in [0.15, 0.2) is 4.99 Å². The van der Waals surface area contributed by atoms with Gasteiger partial charge in [0.15, 0.2) is 5.96 Å². The second-order valence-electron chi connectivity index (χ2n) is 2.05. The van der Waals surface area contributed by atoms with Crippen LogP contribution in [0.2, 0.25) is 0 Å². The van der Waals surface area contributed by atoms with Crippen molar-refractivity contribution in [3.8, 4) is 0 Å². The molecule has 60 valence electrons. The molecule has 6 heteroatoms. The van der Waals surface area contributed by atoms with E-state index in [0.29, 0.717) is 0 Å². The number of carboxylic acids is 1. The Morgan fingerprint density at radius 3 is 2.82 bits per heavy atom. The van der Waals surface area contributed by atoms with Gasteiger partial charge in [-0.3, -0.25) is 14.5 Å². The van der Waals surface area contributed by atoms with Crippen molar-refractivity contribution in [1.29, 1.82) is 0 Å². The summed E-state index contributed by atoms with van der Waals surface area (Å²) in [5, 5.41) is 8.30. The second-order valence-corrected chi connectivity index (χ2v) is 2.05. The van der Waals surface area contributed by atoms with Crippen LogP contribution in [0, 0.1) is 0 Å². The molecule has 0 atom stereocenters. The first-order valence-corrected chi connectivity index (χ1v) is 2.93. The molecule has 1 aliphatic heterocycles. The highest BCUT2D eigenvalue weighted by Crippen LogP contribution is 1.98. The van der Waals surface area contributed by atoms with E-state index in [4.69, 9.17) is 10.8 Å². The van der Waals surface area contributed by atoms with Gasteiger partial charge in [0.1, 0.15) is 13.1 Å². The number of hydrogen-bond donors (Lipinski definition) is 2. The molecule has 0 saturated carbocycles. The van der Waals surface area contributed by atoms with Gasteiger partial charge in [-0.25, -0.2) is 4.99 Å². The zero-order valence-electron chi connectivity index (χ0n) is 5.65. The van der Waals surface area contributed by atoms with E-state index in [0.717, 1.165) is 4.90 Å². The van der Waals surface area contributed by atoms with Crippen LogP contribution in [0.25, 0.3) is 0 Å². The fourth-order valence-corrected chi connectivity index (χ4v) is 0.752. The number of carbonyl (C=O) groups excluding carboxylic acids is 1. The number of guanidine groups is 1. The van der Waals surface area contributed by atoms with Crippen molar-refractivity contribution >= 4 is 17.8 Å². The molecule has 1 heterocycles. The van der Waals surface area contributed by atoms with Crippen LogP contribution in [0.1, 0.15) is 0 Å². The van der Waals surface area contributed by atoms with Crippen LogP contribution in [0.4, 0.5) is 0 Å². The number of hydrogen-bond acceptors (Lipinski definition) is 4. The van der Waals surface area contributed by atoms with Crippen LogP contribution in [-0.4, -0.2) is 40.9 Å². The molecular weight excluding hydrogens is 150 g/mol. The zero-order chi connectivity index (χ0) is 8.43. The van der Waals surface area contributed by atoms with Crippen LogP contribution >= 0.6 is 0 Å². The minimum atomic E-state index is -1.10. The van der Waals surface area contributed by atoms with Crippen molar-refractivity contribution in [2.24, 2.45) is 10.7 Å². The summed E-state index contributed by atoms with van der Waals surface area (Å²) in [6, 6.07) is 0. The summed E-state index contributed by atoms with van der Waals surface area (Å²) in [7, 11) is 0. The van der Waals surface area contributed by atoms with Gasteiger partial charge in [0, 0.05) is 0 Å². The quantitative estimate of drug-likeness (QED) is 0.495. The predicted octanol–water partition coefficient (Wildman–Crippen LogP) is -1.77. The maximum absolute atomic E-state index is 10.8. The normalized spacial score (nSPS) is 16.9. The van der Waals surface area contributed by atoms with Crippen molar-refractivity contribution < 1.29 is 14.7 Å². The van der Waals surface area contributed by atoms with E-state index < -0.39 is 12.5 Å². The Labute approximate surface area is 62.3 Å². The highest BCUT2D eigenvalue weighted by atomic mass is 16.4. The van der Waals surface area contributed by atoms with Gasteiger partial charge in [-0.2, -0.15) is 0 Å². The molecule has 6 nitrogen and oxygen atoms in total. The third-order valence-electron chi connectivity index (χ3n) is 1.25. The number of aliphatic carboxylic acids is 1. The molecular formula is C5H7N3O3. The molecule has 0 spiro atoms. The van der Waals surface area contributed by atoms with Gasteiger partial charge in [0.25, 0.3) is 5.91 Å². The molecule has 11 heavy (non-hydrogen) atoms. The molecule has 0 unspecified atom stereocenters. The number of nitrogens with zero attached hydrogens (tertiary/aromatic N) is 2. The average molecular weight is 157 g/mol. The van der Waals surface area contributed by atoms with Crippen molar-refractivity contribution in [2.75, 3.05) is 13.1 Å². The summed E-state index contributed by atoms with van der Waals surface area (Å²) in [4.78, 5) is 25.4. The number of nitrogens with two attached hydrogens (primary N) is 1. The molecule has 1 amide bonds. The number of rotatable bonds is 2. The standard InChI is InChI=1S/C5H7N3O3/c6-5-7-1-3(9)8(5)2-4(10)11/h1-2H2,(H2,6,7)(H,10,11). The van der Waals surface area contributed by atoms with E-state index in [1.165, 1.54) is 0 Å². The topological polar surface area (TPSA) is 96.0 Å². The Balaban J connectivity index is 2.63. The largest absolute Gasteiger partial charge is 0.480 e. The molecule has 1 aliphatic rings. The SMILES string of the molecule is NC1=NCC(=O)N1CC(=O)O. The van der Waals surface area contributed by atoms with E-state index in [-0.39, 0.29) is 18.4 Å². The maximum atomic E-state index is 10.8. The molecule has 0 saturated heterocycles. The molecule has 1 rings (SSSR count). The Morgan fingerprint density at radius 1 is 1.82 bits per heavy atom. The van der Waals surface area contributed by atoms with Gasteiger partial charge in [-0.05, 0) is 0 Å². The molecule has 0 aromatic carbocycles. The Hall–Kier alpha value is -1.59. The molecule has 0 fully saturated rings. The van der Waals surface area contributed by atoms with Crippen molar-refractivity contribution in [2.45, 2.75) is 0 Å². The average Bonchev–Trinajstić information content (AvgIpc) is 2.18. The summed E-state index contributed by atoms with van der Waals surface area (Å²) in [5.74, 6) is -1.49. The third kappa shape index (κ3) is 1.46. The fourth-order valence-electron chi connectivity index (χ4n) is 0.752. The predicted molar refractivity (Wildman–Crippen MR) is 35.8 cm³/mol. The zero-order valence-corrected chi connectivity index (χ0v) is 5.65. The third-order valence-corrected chi connectivity index (χ3v) is 1.25. The van der Waals surface area contributed by atoms with Crippen LogP contribution in [0.5, 0.6) is 0 Å². The Kier molecular flexibility index (Phi) is 1.75. The smallest absolute Gasteiger partial charge is 0.323 e. The minimum absolute atomic E-state index is 0.0163. The van der Waals surface area contributed by atoms with Crippen molar-refractivity contribution in [1.82, 2.24) is 4.90 Å². The second kappa shape index (κ2) is 2.57. The Morgan fingerprint density at radius 2 is 2.45 bits per heavy atom. The maximum Gasteiger partial charge on any atom is 0.323 e. The van der Waals surface area contributed by atoms with Gasteiger partial charge < -0.3 is 10.8 Å². The molecule has 0 aromatic rings. The van der Waals surface area contributed by atoms with E-state index in [2.05, 4.69) is 4.99 Å². The van der Waals surface area contributed by atoms with E-state index in [9.17, 15) is 9.59 Å². The van der Waals surface area contributed by atoms with E-state index in [1.54, 1.807) is 0 Å². The fraction of sp³-hybridized carbons (Fsp3) is 0.400. The molecule has 0 aliphatic carbocycles. The first-order chi connectivity index (χ1) is 5.11. The lowest BCUT2D eigenvalue weighted by molar-refractivity contribution is -0.140.